The van der Waals surface area contributed by atoms with Gasteiger partial charge in [0.2, 0.25) is 17.7 Å². The van der Waals surface area contributed by atoms with Crippen LogP contribution in [0.1, 0.15) is 161 Å². The van der Waals surface area contributed by atoms with E-state index in [9.17, 15) is 28.8 Å². The molecule has 17 nitrogen and oxygen atoms in total. The summed E-state index contributed by atoms with van der Waals surface area (Å²) in [5.74, 6) is -2.40. The predicted octanol–water partition coefficient (Wildman–Crippen LogP) is 5.76. The molecule has 1 heterocycles. The van der Waals surface area contributed by atoms with E-state index in [1.807, 2.05) is 0 Å². The van der Waals surface area contributed by atoms with Gasteiger partial charge in [-0.3, -0.25) is 28.8 Å². The Labute approximate surface area is 383 Å². The van der Waals surface area contributed by atoms with Crippen LogP contribution in [0.3, 0.4) is 0 Å². The standard InChI is InChI=1S/C46H82N6O11.CH4/c1-37(45(58)41(47)32-39-33-49-36-52-39)31-38(46(48)59)19-16-17-23-50-42(54)34-63-30-28-61-26-24-51-43(55)35-62-29-27-60-25-18-21-40(53)20-14-12-10-8-6-4-2-3-5-7-9-11-13-15-22-44(56)57;/h33,36-38,41H,2-32,34-35,47H2,1H3,(H2,48,59)(H,49,52)(H,50,54)(H,51,55)(H,56,57);1H4/t37?,38-,41+;/m1./s1. The number of ketones is 2. The third kappa shape index (κ3) is 36.6. The Morgan fingerprint density at radius 3 is 1.69 bits per heavy atom. The highest BCUT2D eigenvalue weighted by Crippen LogP contribution is 2.20. The van der Waals surface area contributed by atoms with Crippen molar-refractivity contribution in [2.75, 3.05) is 65.9 Å². The average molecular weight is 911 g/mol. The molecular weight excluding hydrogens is 825 g/mol. The molecule has 370 valence electrons. The van der Waals surface area contributed by atoms with Crippen LogP contribution >= 0.6 is 0 Å². The summed E-state index contributed by atoms with van der Waals surface area (Å²) in [6.45, 7) is 4.15. The number of aromatic nitrogens is 2. The Morgan fingerprint density at radius 1 is 0.656 bits per heavy atom. The van der Waals surface area contributed by atoms with Crippen LogP contribution in [0, 0.1) is 11.8 Å². The van der Waals surface area contributed by atoms with E-state index in [4.69, 9.17) is 35.5 Å². The van der Waals surface area contributed by atoms with Crippen molar-refractivity contribution >= 4 is 35.3 Å². The zero-order chi connectivity index (χ0) is 46.2. The zero-order valence-electron chi connectivity index (χ0n) is 38.4. The Morgan fingerprint density at radius 2 is 1.16 bits per heavy atom. The number of unbranched alkanes of at least 4 members (excludes halogenated alkanes) is 14. The van der Waals surface area contributed by atoms with E-state index < -0.39 is 29.8 Å². The van der Waals surface area contributed by atoms with Crippen molar-refractivity contribution in [3.8, 4) is 0 Å². The quantitative estimate of drug-likeness (QED) is 0.0426. The van der Waals surface area contributed by atoms with Gasteiger partial charge in [-0.1, -0.05) is 97.8 Å². The van der Waals surface area contributed by atoms with Crippen LogP contribution in [0.15, 0.2) is 12.5 Å². The number of carbonyl (C=O) groups is 6. The molecule has 3 atom stereocenters. The molecule has 1 unspecified atom stereocenters. The number of aliphatic carboxylic acids is 1. The number of hydrogen-bond acceptors (Lipinski definition) is 12. The molecule has 64 heavy (non-hydrogen) atoms. The molecule has 0 aliphatic heterocycles. The van der Waals surface area contributed by atoms with Gasteiger partial charge in [0.05, 0.1) is 45.4 Å². The number of ether oxygens (including phenoxy) is 4. The maximum Gasteiger partial charge on any atom is 0.303 e. The fraction of sp³-hybridized carbons (Fsp3) is 0.809. The molecule has 1 aromatic rings. The fourth-order valence-electron chi connectivity index (χ4n) is 7.11. The number of rotatable bonds is 46. The predicted molar refractivity (Wildman–Crippen MR) is 247 cm³/mol. The number of primary amides is 1. The lowest BCUT2D eigenvalue weighted by Crippen LogP contribution is -2.38. The molecule has 1 aromatic heterocycles. The van der Waals surface area contributed by atoms with Crippen LogP contribution in [-0.4, -0.2) is 122 Å². The SMILES string of the molecule is C.CC(C[C@@H](CCCCNC(=O)COCCOCCNC(=O)COCCOCCCC(=O)CCCCCCCCCCCCCCCCC(=O)O)C(N)=O)C(=O)[C@@H](N)Cc1cnc[nH]1. The number of nitrogens with two attached hydrogens (primary N) is 2. The molecular formula is C47H86N6O11. The van der Waals surface area contributed by atoms with Crippen LogP contribution < -0.4 is 22.1 Å². The summed E-state index contributed by atoms with van der Waals surface area (Å²) in [5, 5.41) is 14.1. The number of hydrogen-bond donors (Lipinski definition) is 6. The monoisotopic (exact) mass is 911 g/mol. The average Bonchev–Trinajstić information content (AvgIpc) is 3.77. The maximum atomic E-state index is 12.7. The molecule has 0 fully saturated rings. The minimum atomic E-state index is -0.696. The molecule has 17 heteroatoms. The molecule has 0 aliphatic carbocycles. The van der Waals surface area contributed by atoms with Crippen molar-refractivity contribution in [1.82, 2.24) is 20.6 Å². The second-order valence-corrected chi connectivity index (χ2v) is 16.5. The molecule has 0 spiro atoms. The summed E-state index contributed by atoms with van der Waals surface area (Å²) in [6.07, 6.45) is 24.1. The normalized spacial score (nSPS) is 12.5. The number of carbonyl (C=O) groups excluding carboxylic acids is 5. The second-order valence-electron chi connectivity index (χ2n) is 16.5. The van der Waals surface area contributed by atoms with Gasteiger partial charge in [-0.05, 0) is 38.5 Å². The van der Waals surface area contributed by atoms with Gasteiger partial charge >= 0.3 is 5.97 Å². The minimum absolute atomic E-state index is 0. The lowest BCUT2D eigenvalue weighted by Gasteiger charge is -2.20. The van der Waals surface area contributed by atoms with Crippen molar-refractivity contribution in [1.29, 1.82) is 0 Å². The summed E-state index contributed by atoms with van der Waals surface area (Å²) in [6, 6.07) is -0.696. The summed E-state index contributed by atoms with van der Waals surface area (Å²) < 4.78 is 21.7. The zero-order valence-corrected chi connectivity index (χ0v) is 38.4. The lowest BCUT2D eigenvalue weighted by atomic mass is 9.86. The number of carboxylic acid groups (broad SMARTS) is 1. The van der Waals surface area contributed by atoms with E-state index in [1.165, 1.54) is 64.1 Å². The van der Waals surface area contributed by atoms with Crippen LogP contribution in [0.4, 0.5) is 0 Å². The number of Topliss-reactive ketones (excluding diaryl/α,β-unsaturated/α-hetero) is 2. The molecule has 3 amide bonds. The Hall–Kier alpha value is -3.77. The van der Waals surface area contributed by atoms with Crippen LogP contribution in [0.25, 0.3) is 0 Å². The fourth-order valence-corrected chi connectivity index (χ4v) is 7.11. The second kappa shape index (κ2) is 41.9. The molecule has 1 rings (SSSR count). The van der Waals surface area contributed by atoms with Crippen LogP contribution in [0.2, 0.25) is 0 Å². The van der Waals surface area contributed by atoms with E-state index in [0.717, 1.165) is 37.8 Å². The van der Waals surface area contributed by atoms with Gasteiger partial charge in [-0.2, -0.15) is 0 Å². The summed E-state index contributed by atoms with van der Waals surface area (Å²) in [4.78, 5) is 78.3. The number of imidazole rings is 1. The van der Waals surface area contributed by atoms with Crippen LogP contribution in [0.5, 0.6) is 0 Å². The third-order valence-corrected chi connectivity index (χ3v) is 10.8. The number of nitrogens with one attached hydrogen (secondary N) is 3. The van der Waals surface area contributed by atoms with Gasteiger partial charge in [-0.15, -0.1) is 0 Å². The Balaban J connectivity index is 0.0000397. The van der Waals surface area contributed by atoms with Gasteiger partial charge < -0.3 is 51.1 Å². The van der Waals surface area contributed by atoms with Gasteiger partial charge in [0, 0.05) is 69.1 Å². The van der Waals surface area contributed by atoms with Gasteiger partial charge in [-0.25, -0.2) is 4.98 Å². The topological polar surface area (TPSA) is 264 Å². The molecule has 0 aromatic carbocycles. The van der Waals surface area contributed by atoms with Crippen LogP contribution in [-0.2, 0) is 54.1 Å². The van der Waals surface area contributed by atoms with Crippen molar-refractivity contribution in [2.24, 2.45) is 23.3 Å². The van der Waals surface area contributed by atoms with E-state index in [0.29, 0.717) is 84.1 Å². The highest BCUT2D eigenvalue weighted by atomic mass is 16.5. The number of H-pyrrole nitrogens is 1. The first-order chi connectivity index (χ1) is 30.5. The van der Waals surface area contributed by atoms with E-state index in [2.05, 4.69) is 20.6 Å². The molecule has 0 aliphatic rings. The van der Waals surface area contributed by atoms with E-state index in [1.54, 1.807) is 13.1 Å². The number of amides is 3. The smallest absolute Gasteiger partial charge is 0.303 e. The lowest BCUT2D eigenvalue weighted by molar-refractivity contribution is -0.137. The van der Waals surface area contributed by atoms with Crippen molar-refractivity contribution in [3.63, 3.8) is 0 Å². The van der Waals surface area contributed by atoms with Gasteiger partial charge in [0.1, 0.15) is 19.0 Å². The van der Waals surface area contributed by atoms with E-state index >= 15 is 0 Å². The first-order valence-corrected chi connectivity index (χ1v) is 23.6. The highest BCUT2D eigenvalue weighted by molar-refractivity contribution is 5.87. The third-order valence-electron chi connectivity index (χ3n) is 10.8. The first-order valence-electron chi connectivity index (χ1n) is 23.6. The van der Waals surface area contributed by atoms with E-state index in [-0.39, 0.29) is 70.4 Å². The summed E-state index contributed by atoms with van der Waals surface area (Å²) in [7, 11) is 0. The minimum Gasteiger partial charge on any atom is -0.481 e. The summed E-state index contributed by atoms with van der Waals surface area (Å²) in [5.41, 5.74) is 12.4. The largest absolute Gasteiger partial charge is 0.481 e. The first kappa shape index (κ1) is 60.2. The summed E-state index contributed by atoms with van der Waals surface area (Å²) >= 11 is 0. The molecule has 0 radical (unpaired) electrons. The Bertz CT molecular complexity index is 1350. The van der Waals surface area contributed by atoms with Crippen molar-refractivity contribution in [3.05, 3.63) is 18.2 Å². The Kier molecular flexibility index (Phi) is 39.4. The maximum absolute atomic E-state index is 12.7. The highest BCUT2D eigenvalue weighted by Gasteiger charge is 2.26. The van der Waals surface area contributed by atoms with Gasteiger partial charge in [0.15, 0.2) is 5.78 Å². The number of aromatic amines is 1. The number of nitrogens with zero attached hydrogens (tertiary/aromatic N) is 1. The molecule has 8 N–H and O–H groups in total. The molecule has 0 saturated carbocycles. The van der Waals surface area contributed by atoms with Gasteiger partial charge in [0.25, 0.3) is 0 Å². The van der Waals surface area contributed by atoms with Crippen molar-refractivity contribution < 1.29 is 52.8 Å². The molecule has 0 bridgehead atoms. The van der Waals surface area contributed by atoms with Crippen molar-refractivity contribution in [2.45, 2.75) is 168 Å². The number of carboxylic acids is 1. The molecule has 0 saturated heterocycles.